The second-order valence-corrected chi connectivity index (χ2v) is 3.99. The summed E-state index contributed by atoms with van der Waals surface area (Å²) < 4.78 is 32.1. The summed E-state index contributed by atoms with van der Waals surface area (Å²) in [5, 5.41) is 26.9. The Morgan fingerprint density at radius 3 is 1.21 bits per heavy atom. The number of hydrogen-bond donors (Lipinski definition) is 3. The number of ether oxygens (including phenoxy) is 3. The zero-order valence-electron chi connectivity index (χ0n) is 16.9. The molecular weight excluding hydrogens is 828 g/mol. The van der Waals surface area contributed by atoms with Crippen molar-refractivity contribution in [2.45, 2.75) is 24.4 Å². The van der Waals surface area contributed by atoms with Crippen LogP contribution in [0.3, 0.4) is 0 Å². The zero-order chi connectivity index (χ0) is 20.0. The van der Waals surface area contributed by atoms with Gasteiger partial charge in [-0.15, -0.1) is 0 Å². The van der Waals surface area contributed by atoms with Crippen LogP contribution in [0.1, 0.15) is 4.11 Å². The predicted molar refractivity (Wildman–Crippen MR) is 84.7 cm³/mol. The van der Waals surface area contributed by atoms with Crippen LogP contribution in [-0.4, -0.2) is 72.8 Å². The minimum Gasteiger partial charge on any atom is -0.423 e. The molecule has 3 unspecified atom stereocenters. The van der Waals surface area contributed by atoms with Gasteiger partial charge in [-0.05, 0) is 18.3 Å². The molecule has 0 saturated carbocycles. The molecule has 6 nitrogen and oxygen atoms in total. The van der Waals surface area contributed by atoms with E-state index in [0.29, 0.717) is 0 Å². The van der Waals surface area contributed by atoms with E-state index in [4.69, 9.17) is 33.6 Å². The molecule has 24 heavy (non-hydrogen) atoms. The van der Waals surface area contributed by atoms with Crippen LogP contribution < -0.4 is 0 Å². The van der Waals surface area contributed by atoms with Gasteiger partial charge in [-0.25, -0.2) is 4.11 Å². The van der Waals surface area contributed by atoms with Gasteiger partial charge in [0, 0.05) is 19.8 Å². The van der Waals surface area contributed by atoms with E-state index in [1.165, 1.54) is 0 Å². The van der Waals surface area contributed by atoms with E-state index < -0.39 is 24.4 Å². The van der Waals surface area contributed by atoms with Crippen LogP contribution in [0.25, 0.3) is 0 Å². The molecular formula is C15H32O6W3. The fraction of sp³-hybridized carbons (Fsp3) is 0.600. The van der Waals surface area contributed by atoms with Gasteiger partial charge in [0.25, 0.3) is 0 Å². The molecule has 0 aromatic carbocycles. The Morgan fingerprint density at radius 1 is 0.667 bits per heavy atom. The first kappa shape index (κ1) is 33.4. The molecule has 0 aromatic rings. The van der Waals surface area contributed by atoms with Gasteiger partial charge in [0.2, 0.25) is 0 Å². The molecule has 0 radical (unpaired) electrons. The molecule has 0 spiro atoms. The number of aliphatic hydroxyl groups is 3. The Hall–Kier alpha value is 1.82. The predicted octanol–water partition coefficient (Wildman–Crippen LogP) is 0.333. The van der Waals surface area contributed by atoms with E-state index in [0.717, 1.165) is 0 Å². The summed E-state index contributed by atoms with van der Waals surface area (Å²) in [6.45, 7) is 10.7. The molecule has 9 heteroatoms. The molecule has 3 N–H and O–H groups in total. The maximum absolute atomic E-state index is 9.01. The quantitative estimate of drug-likeness (QED) is 0.260. The van der Waals surface area contributed by atoms with E-state index in [1.807, 2.05) is 0 Å². The summed E-state index contributed by atoms with van der Waals surface area (Å²) in [4.78, 5) is 0. The molecule has 0 bridgehead atoms. The summed E-state index contributed by atoms with van der Waals surface area (Å²) in [6.07, 6.45) is -2.85. The van der Waals surface area contributed by atoms with Crippen LogP contribution in [0.5, 0.6) is 0 Å². The first-order valence-electron chi connectivity index (χ1n) is 7.84. The second-order valence-electron chi connectivity index (χ2n) is 3.99. The van der Waals surface area contributed by atoms with Crippen LogP contribution in [0, 0.1) is 43.0 Å². The normalized spacial score (nSPS) is 14.6. The molecule has 0 aliphatic carbocycles. The topological polar surface area (TPSA) is 88.4 Å². The van der Waals surface area contributed by atoms with Crippen molar-refractivity contribution in [1.82, 2.24) is 0 Å². The average molecular weight is 866 g/mol. The van der Waals surface area contributed by atoms with Gasteiger partial charge in [0.1, 0.15) is 6.10 Å². The molecule has 0 aromatic heterocycles. The van der Waals surface area contributed by atoms with Crippen LogP contribution in [0.4, 0.5) is 0 Å². The van der Waals surface area contributed by atoms with Crippen molar-refractivity contribution in [2.75, 3.05) is 33.0 Å². The van der Waals surface area contributed by atoms with Crippen molar-refractivity contribution in [3.05, 3.63) is 43.0 Å². The third-order valence-corrected chi connectivity index (χ3v) is 1.75. The van der Waals surface area contributed by atoms with Crippen LogP contribution >= 0.6 is 0 Å². The fourth-order valence-electron chi connectivity index (χ4n) is 1.06. The third kappa shape index (κ3) is 35.0. The van der Waals surface area contributed by atoms with Crippen molar-refractivity contribution in [1.29, 1.82) is 0 Å². The monoisotopic (exact) mass is 866 g/mol. The Morgan fingerprint density at radius 2 is 0.958 bits per heavy atom. The number of rotatable bonds is 11. The second kappa shape index (κ2) is 29.6. The first-order chi connectivity index (χ1) is 11.4. The van der Waals surface area contributed by atoms with Crippen LogP contribution in [0.15, 0.2) is 0 Å². The summed E-state index contributed by atoms with van der Waals surface area (Å²) in [5.74, 6) is 0. The van der Waals surface area contributed by atoms with E-state index in [1.54, 1.807) is 0 Å². The van der Waals surface area contributed by atoms with E-state index in [-0.39, 0.29) is 96.2 Å². The van der Waals surface area contributed by atoms with Crippen molar-refractivity contribution < 1.29 is 96.8 Å². The van der Waals surface area contributed by atoms with E-state index >= 15 is 0 Å². The van der Waals surface area contributed by atoms with Crippen molar-refractivity contribution in [3.63, 3.8) is 0 Å². The van der Waals surface area contributed by atoms with E-state index in [2.05, 4.69) is 43.0 Å². The average Bonchev–Trinajstić information content (AvgIpc) is 2.57. The molecule has 146 valence electrons. The van der Waals surface area contributed by atoms with Crippen LogP contribution in [-0.2, 0) is 77.4 Å². The number of aliphatic hydroxyl groups excluding tert-OH is 3. The minimum atomic E-state index is -0.829. The van der Waals surface area contributed by atoms with Gasteiger partial charge in [-0.3, -0.25) is 0 Å². The van der Waals surface area contributed by atoms with Gasteiger partial charge in [0.15, 0.2) is 0 Å². The van der Waals surface area contributed by atoms with Crippen molar-refractivity contribution in [2.24, 2.45) is 0 Å². The SMILES string of the molecule is [3H][CH2-].[3H][CH2-].[3H][CH2-].[CH2-]C(O)COCC(COCC([CH2-])O)OCC([CH2-])O.[W+2].[W+2].[W+2]. The molecule has 3 atom stereocenters. The molecule has 0 amide bonds. The fourth-order valence-corrected chi connectivity index (χ4v) is 1.06. The Bertz CT molecular complexity index is 198. The standard InChI is InChI=1S/C12H23O6.3CH3.3W/c1-9(13)4-16-7-12(18-6-11(3)15)8-17-5-10(2)14;;;;;;/h9-15H,1-8H2;3*1H3;;;/q-3;3*-1;3*+2/i;3*1T;;;. The Labute approximate surface area is 196 Å². The van der Waals surface area contributed by atoms with Crippen LogP contribution in [0.2, 0.25) is 0 Å². The molecule has 0 heterocycles. The summed E-state index contributed by atoms with van der Waals surface area (Å²) in [6, 6.07) is 0. The first-order valence-corrected chi connectivity index (χ1v) is 5.72. The summed E-state index contributed by atoms with van der Waals surface area (Å²) in [5.41, 5.74) is 0. The van der Waals surface area contributed by atoms with Crippen molar-refractivity contribution in [3.8, 4) is 0 Å². The zero-order valence-corrected chi connectivity index (χ0v) is 22.7. The largest absolute Gasteiger partial charge is 2.00 e. The Kier molecular flexibility index (Phi) is 41.2. The van der Waals surface area contributed by atoms with Gasteiger partial charge in [-0.2, -0.15) is 0 Å². The molecule has 0 saturated heterocycles. The summed E-state index contributed by atoms with van der Waals surface area (Å²) >= 11 is 0. The molecule has 0 fully saturated rings. The Balaban J connectivity index is -0.0000000804. The van der Waals surface area contributed by atoms with E-state index in [9.17, 15) is 0 Å². The summed E-state index contributed by atoms with van der Waals surface area (Å²) in [7, 11) is 7.50. The van der Waals surface area contributed by atoms with Gasteiger partial charge >= 0.3 is 63.2 Å². The van der Waals surface area contributed by atoms with Crippen molar-refractivity contribution >= 4 is 0 Å². The minimum absolute atomic E-state index is 0. The smallest absolute Gasteiger partial charge is 0.423 e. The molecule has 0 rings (SSSR count). The van der Waals surface area contributed by atoms with Gasteiger partial charge < -0.3 is 72.5 Å². The van der Waals surface area contributed by atoms with Gasteiger partial charge in [-0.1, -0.05) is 0 Å². The third-order valence-electron chi connectivity index (χ3n) is 1.75. The molecule has 0 aliphatic heterocycles. The van der Waals surface area contributed by atoms with Gasteiger partial charge in [0.05, 0.1) is 13.2 Å². The molecule has 0 aliphatic rings. The number of hydrogen-bond acceptors (Lipinski definition) is 6. The maximum atomic E-state index is 9.01. The maximum Gasteiger partial charge on any atom is 2.00 e.